The normalized spacial score (nSPS) is 11.1. The molecule has 2 aromatic heterocycles. The van der Waals surface area contributed by atoms with Crippen LogP contribution in [0.5, 0.6) is 0 Å². The highest BCUT2D eigenvalue weighted by Gasteiger charge is 2.16. The van der Waals surface area contributed by atoms with E-state index in [1.54, 1.807) is 22.9 Å². The summed E-state index contributed by atoms with van der Waals surface area (Å²) < 4.78 is 16.4. The minimum Gasteiger partial charge on any atom is -0.382 e. The molecule has 3 aromatic rings. The lowest BCUT2D eigenvalue weighted by atomic mass is 10.1. The average molecular weight is 421 g/mol. The van der Waals surface area contributed by atoms with Crippen LogP contribution in [0.2, 0.25) is 0 Å². The molecule has 31 heavy (non-hydrogen) atoms. The maximum Gasteiger partial charge on any atom is 0.244 e. The van der Waals surface area contributed by atoms with Crippen LogP contribution in [-0.2, 0) is 18.3 Å². The summed E-state index contributed by atoms with van der Waals surface area (Å²) in [5, 5.41) is 21.0. The van der Waals surface area contributed by atoms with Gasteiger partial charge in [-0.2, -0.15) is 15.5 Å². The number of aromatic nitrogens is 4. The van der Waals surface area contributed by atoms with Crippen molar-refractivity contribution in [1.82, 2.24) is 24.9 Å². The number of carbonyl (C=O) groups excluding carboxylic acids is 1. The van der Waals surface area contributed by atoms with Crippen LogP contribution in [0.25, 0.3) is 11.8 Å². The van der Waals surface area contributed by atoms with Gasteiger partial charge in [-0.1, -0.05) is 0 Å². The smallest absolute Gasteiger partial charge is 0.244 e. The third kappa shape index (κ3) is 4.80. The van der Waals surface area contributed by atoms with Crippen molar-refractivity contribution in [2.75, 3.05) is 12.3 Å². The maximum atomic E-state index is 13.2. The molecule has 0 spiro atoms. The minimum atomic E-state index is -0.367. The highest BCUT2D eigenvalue weighted by atomic mass is 19.1. The summed E-state index contributed by atoms with van der Waals surface area (Å²) in [6.07, 6.45) is 4.29. The zero-order valence-electron chi connectivity index (χ0n) is 17.7. The Kier molecular flexibility index (Phi) is 6.50. The van der Waals surface area contributed by atoms with Gasteiger partial charge in [0.05, 0.1) is 17.1 Å². The first-order valence-corrected chi connectivity index (χ1v) is 9.81. The van der Waals surface area contributed by atoms with Gasteiger partial charge in [0, 0.05) is 30.9 Å². The number of hydrogen-bond acceptors (Lipinski definition) is 5. The third-order valence-corrected chi connectivity index (χ3v) is 5.03. The Morgan fingerprint density at radius 2 is 2.00 bits per heavy atom. The van der Waals surface area contributed by atoms with Crippen molar-refractivity contribution in [1.29, 1.82) is 5.26 Å². The second-order valence-corrected chi connectivity index (χ2v) is 7.14. The second kappa shape index (κ2) is 9.26. The number of nitrogen functional groups attached to an aromatic ring is 1. The van der Waals surface area contributed by atoms with E-state index in [0.29, 0.717) is 30.8 Å². The number of nitrogens with two attached hydrogens (primary N) is 1. The molecule has 0 bridgehead atoms. The predicted molar refractivity (Wildman–Crippen MR) is 116 cm³/mol. The van der Waals surface area contributed by atoms with Crippen molar-refractivity contribution in [2.24, 2.45) is 7.05 Å². The van der Waals surface area contributed by atoms with Crippen LogP contribution in [0, 0.1) is 31.0 Å². The van der Waals surface area contributed by atoms with E-state index in [1.165, 1.54) is 22.9 Å². The first kappa shape index (κ1) is 21.8. The number of carbonyl (C=O) groups is 1. The topological polar surface area (TPSA) is 115 Å². The SMILES string of the molecule is Cc1nn(C)c(C)c1/C=C/C(=O)NCCCc1nn(-c2ccc(F)cc2)c(N)c1C#N. The Hall–Kier alpha value is -3.93. The lowest BCUT2D eigenvalue weighted by molar-refractivity contribution is -0.116. The molecule has 2 heterocycles. The standard InChI is InChI=1S/C22H24FN7O/c1-14-18(15(2)29(3)27-14)10-11-21(31)26-12-4-5-20-19(13-24)22(25)30(28-20)17-8-6-16(23)7-9-17/h6-11H,4-5,12,25H2,1-3H3,(H,26,31)/b11-10+. The lowest BCUT2D eigenvalue weighted by Gasteiger charge is -2.03. The van der Waals surface area contributed by atoms with E-state index in [4.69, 9.17) is 5.73 Å². The van der Waals surface area contributed by atoms with Crippen LogP contribution < -0.4 is 11.1 Å². The van der Waals surface area contributed by atoms with Crippen LogP contribution in [0.4, 0.5) is 10.2 Å². The van der Waals surface area contributed by atoms with Gasteiger partial charge in [-0.05, 0) is 57.0 Å². The molecule has 1 amide bonds. The third-order valence-electron chi connectivity index (χ3n) is 5.03. The number of amides is 1. The van der Waals surface area contributed by atoms with E-state index in [-0.39, 0.29) is 23.1 Å². The van der Waals surface area contributed by atoms with Crippen LogP contribution >= 0.6 is 0 Å². The number of anilines is 1. The highest BCUT2D eigenvalue weighted by molar-refractivity contribution is 5.91. The number of nitriles is 1. The Bertz CT molecular complexity index is 1170. The molecule has 160 valence electrons. The average Bonchev–Trinajstić information content (AvgIpc) is 3.19. The number of rotatable bonds is 7. The maximum absolute atomic E-state index is 13.2. The summed E-state index contributed by atoms with van der Waals surface area (Å²) >= 11 is 0. The fraction of sp³-hybridized carbons (Fsp3) is 0.273. The molecule has 9 heteroatoms. The Labute approximate surface area is 179 Å². The number of nitrogens with one attached hydrogen (secondary N) is 1. The number of aryl methyl sites for hydroxylation is 3. The van der Waals surface area contributed by atoms with Crippen LogP contribution in [0.3, 0.4) is 0 Å². The molecular formula is C22H24FN7O. The van der Waals surface area contributed by atoms with E-state index in [2.05, 4.69) is 21.6 Å². The van der Waals surface area contributed by atoms with Gasteiger partial charge in [-0.15, -0.1) is 0 Å². The molecule has 0 aliphatic heterocycles. The number of nitrogens with zero attached hydrogens (tertiary/aromatic N) is 5. The summed E-state index contributed by atoms with van der Waals surface area (Å²) in [7, 11) is 1.86. The van der Waals surface area contributed by atoms with Gasteiger partial charge in [-0.3, -0.25) is 9.48 Å². The summed E-state index contributed by atoms with van der Waals surface area (Å²) in [6, 6.07) is 7.77. The van der Waals surface area contributed by atoms with E-state index in [0.717, 1.165) is 17.0 Å². The number of benzene rings is 1. The molecule has 0 atom stereocenters. The Morgan fingerprint density at radius 1 is 1.29 bits per heavy atom. The van der Waals surface area contributed by atoms with Crippen molar-refractivity contribution in [3.63, 3.8) is 0 Å². The van der Waals surface area contributed by atoms with E-state index in [1.807, 2.05) is 20.9 Å². The van der Waals surface area contributed by atoms with Crippen LogP contribution in [0.15, 0.2) is 30.3 Å². The molecule has 0 radical (unpaired) electrons. The van der Waals surface area contributed by atoms with Crippen molar-refractivity contribution < 1.29 is 9.18 Å². The largest absolute Gasteiger partial charge is 0.382 e. The Balaban J connectivity index is 1.58. The van der Waals surface area contributed by atoms with E-state index >= 15 is 0 Å². The molecule has 0 aliphatic carbocycles. The zero-order valence-corrected chi connectivity index (χ0v) is 17.7. The quantitative estimate of drug-likeness (QED) is 0.449. The van der Waals surface area contributed by atoms with Crippen LogP contribution in [0.1, 0.15) is 34.6 Å². The molecule has 0 aliphatic rings. The van der Waals surface area contributed by atoms with E-state index < -0.39 is 0 Å². The van der Waals surface area contributed by atoms with Gasteiger partial charge in [0.15, 0.2) is 0 Å². The second-order valence-electron chi connectivity index (χ2n) is 7.14. The van der Waals surface area contributed by atoms with Crippen molar-refractivity contribution in [2.45, 2.75) is 26.7 Å². The first-order chi connectivity index (χ1) is 14.8. The molecular weight excluding hydrogens is 397 g/mol. The molecule has 3 N–H and O–H groups in total. The van der Waals surface area contributed by atoms with Crippen LogP contribution in [-0.4, -0.2) is 32.0 Å². The fourth-order valence-corrected chi connectivity index (χ4v) is 3.27. The monoisotopic (exact) mass is 421 g/mol. The van der Waals surface area contributed by atoms with Crippen molar-refractivity contribution in [3.8, 4) is 11.8 Å². The zero-order chi connectivity index (χ0) is 22.5. The summed E-state index contributed by atoms with van der Waals surface area (Å²) in [4.78, 5) is 12.1. The molecule has 8 nitrogen and oxygen atoms in total. The molecule has 0 saturated carbocycles. The van der Waals surface area contributed by atoms with Gasteiger partial charge in [-0.25, -0.2) is 9.07 Å². The summed E-state index contributed by atoms with van der Waals surface area (Å²) in [5.74, 6) is -0.369. The van der Waals surface area contributed by atoms with Gasteiger partial charge in [0.2, 0.25) is 5.91 Å². The van der Waals surface area contributed by atoms with Gasteiger partial charge in [0.1, 0.15) is 23.3 Å². The lowest BCUT2D eigenvalue weighted by Crippen LogP contribution is -2.22. The molecule has 0 unspecified atom stereocenters. The molecule has 0 fully saturated rings. The highest BCUT2D eigenvalue weighted by Crippen LogP contribution is 2.21. The van der Waals surface area contributed by atoms with Gasteiger partial charge >= 0.3 is 0 Å². The Morgan fingerprint density at radius 3 is 2.61 bits per heavy atom. The molecule has 0 saturated heterocycles. The van der Waals surface area contributed by atoms with Crippen molar-refractivity contribution in [3.05, 3.63) is 64.4 Å². The fourth-order valence-electron chi connectivity index (χ4n) is 3.27. The number of hydrogen-bond donors (Lipinski definition) is 2. The summed E-state index contributed by atoms with van der Waals surface area (Å²) in [6.45, 7) is 4.26. The molecule has 3 rings (SSSR count). The van der Waals surface area contributed by atoms with Gasteiger partial charge < -0.3 is 11.1 Å². The van der Waals surface area contributed by atoms with E-state index in [9.17, 15) is 14.4 Å². The van der Waals surface area contributed by atoms with Crippen molar-refractivity contribution >= 4 is 17.8 Å². The molecule has 1 aromatic carbocycles. The van der Waals surface area contributed by atoms with Gasteiger partial charge in [0.25, 0.3) is 0 Å². The summed E-state index contributed by atoms with van der Waals surface area (Å²) in [5.41, 5.74) is 10.2. The first-order valence-electron chi connectivity index (χ1n) is 9.81. The number of halogens is 1. The minimum absolute atomic E-state index is 0.207. The predicted octanol–water partition coefficient (Wildman–Crippen LogP) is 2.58.